The Bertz CT molecular complexity index is 730. The van der Waals surface area contributed by atoms with E-state index in [0.717, 1.165) is 25.0 Å². The third-order valence-corrected chi connectivity index (χ3v) is 3.95. The number of carbonyl (C=O) groups excluding carboxylic acids is 2. The molecule has 130 valence electrons. The first-order valence-electron chi connectivity index (χ1n) is 8.24. The number of rotatable bonds is 6. The van der Waals surface area contributed by atoms with Crippen molar-refractivity contribution in [1.82, 2.24) is 20.6 Å². The molecule has 0 spiro atoms. The number of hydrogen-bond donors (Lipinski definition) is 2. The molecule has 2 aromatic rings. The lowest BCUT2D eigenvalue weighted by Gasteiger charge is -2.11. The Morgan fingerprint density at radius 2 is 1.92 bits per heavy atom. The van der Waals surface area contributed by atoms with E-state index in [1.54, 1.807) is 12.4 Å². The Hall–Kier alpha value is -2.80. The van der Waals surface area contributed by atoms with E-state index in [2.05, 4.69) is 20.6 Å². The number of hydrogen-bond acceptors (Lipinski definition) is 5. The zero-order chi connectivity index (χ0) is 17.5. The van der Waals surface area contributed by atoms with Crippen LogP contribution in [0.4, 0.5) is 0 Å². The molecule has 2 aromatic heterocycles. The summed E-state index contributed by atoms with van der Waals surface area (Å²) in [5, 5.41) is 5.61. The van der Waals surface area contributed by atoms with Crippen molar-refractivity contribution in [2.45, 2.75) is 25.5 Å². The van der Waals surface area contributed by atoms with E-state index in [9.17, 15) is 9.59 Å². The molecule has 1 fully saturated rings. The van der Waals surface area contributed by atoms with Crippen LogP contribution in [0.15, 0.2) is 43.0 Å². The fraction of sp³-hybridized carbons (Fsp3) is 0.333. The summed E-state index contributed by atoms with van der Waals surface area (Å²) in [5.74, 6) is -0.546. The molecule has 0 aromatic carbocycles. The maximum absolute atomic E-state index is 12.2. The van der Waals surface area contributed by atoms with Crippen molar-refractivity contribution in [2.75, 3.05) is 13.2 Å². The number of nitrogens with zero attached hydrogens (tertiary/aromatic N) is 2. The van der Waals surface area contributed by atoms with Crippen LogP contribution in [0.1, 0.15) is 39.1 Å². The van der Waals surface area contributed by atoms with Gasteiger partial charge in [0.15, 0.2) is 0 Å². The Balaban J connectivity index is 1.56. The van der Waals surface area contributed by atoms with Crippen LogP contribution in [0.3, 0.4) is 0 Å². The molecule has 2 amide bonds. The van der Waals surface area contributed by atoms with Gasteiger partial charge in [-0.25, -0.2) is 0 Å². The first-order valence-corrected chi connectivity index (χ1v) is 8.24. The predicted octanol–water partition coefficient (Wildman–Crippen LogP) is 1.32. The van der Waals surface area contributed by atoms with Crippen molar-refractivity contribution in [1.29, 1.82) is 0 Å². The number of amides is 2. The summed E-state index contributed by atoms with van der Waals surface area (Å²) in [4.78, 5) is 32.4. The molecule has 25 heavy (non-hydrogen) atoms. The van der Waals surface area contributed by atoms with Gasteiger partial charge in [0.1, 0.15) is 0 Å². The van der Waals surface area contributed by atoms with Gasteiger partial charge in [-0.05, 0) is 30.5 Å². The zero-order valence-electron chi connectivity index (χ0n) is 13.8. The molecule has 1 saturated heterocycles. The number of nitrogens with one attached hydrogen (secondary N) is 2. The highest BCUT2D eigenvalue weighted by Crippen LogP contribution is 2.11. The van der Waals surface area contributed by atoms with Crippen LogP contribution < -0.4 is 10.6 Å². The molecule has 3 rings (SSSR count). The molecule has 0 saturated carbocycles. The van der Waals surface area contributed by atoms with Crippen molar-refractivity contribution in [3.05, 3.63) is 59.7 Å². The number of aromatic nitrogens is 2. The second-order valence-corrected chi connectivity index (χ2v) is 5.85. The van der Waals surface area contributed by atoms with Gasteiger partial charge >= 0.3 is 0 Å². The minimum atomic E-state index is -0.287. The summed E-state index contributed by atoms with van der Waals surface area (Å²) in [6.45, 7) is 1.58. The molecule has 1 aliphatic rings. The lowest BCUT2D eigenvalue weighted by Crippen LogP contribution is -2.32. The summed E-state index contributed by atoms with van der Waals surface area (Å²) in [6.07, 6.45) is 8.30. The second kappa shape index (κ2) is 8.34. The van der Waals surface area contributed by atoms with Gasteiger partial charge in [-0.1, -0.05) is 6.07 Å². The van der Waals surface area contributed by atoms with Crippen LogP contribution in [-0.2, 0) is 11.3 Å². The third kappa shape index (κ3) is 4.84. The van der Waals surface area contributed by atoms with Crippen molar-refractivity contribution < 1.29 is 14.3 Å². The molecule has 7 nitrogen and oxygen atoms in total. The summed E-state index contributed by atoms with van der Waals surface area (Å²) in [5.41, 5.74) is 1.59. The highest BCUT2D eigenvalue weighted by atomic mass is 16.5. The van der Waals surface area contributed by atoms with Gasteiger partial charge in [-0.3, -0.25) is 19.6 Å². The Morgan fingerprint density at radius 1 is 1.12 bits per heavy atom. The standard InChI is InChI=1S/C18H20N4O3/c23-17(21-9-13-3-1-5-19-8-13)14-7-15(11-20-10-14)18(24)22-12-16-4-2-6-25-16/h1,3,5,7-8,10-11,16H,2,4,6,9,12H2,(H,21,23)(H,22,24). The largest absolute Gasteiger partial charge is 0.376 e. The Morgan fingerprint density at radius 3 is 2.60 bits per heavy atom. The molecule has 1 aliphatic heterocycles. The van der Waals surface area contributed by atoms with Gasteiger partial charge in [0, 0.05) is 44.5 Å². The van der Waals surface area contributed by atoms with Gasteiger partial charge in [0.2, 0.25) is 0 Å². The van der Waals surface area contributed by atoms with Crippen LogP contribution >= 0.6 is 0 Å². The molecule has 1 atom stereocenters. The zero-order valence-corrected chi connectivity index (χ0v) is 13.8. The summed E-state index contributed by atoms with van der Waals surface area (Å²) in [6, 6.07) is 5.22. The van der Waals surface area contributed by atoms with Crippen LogP contribution in [0.25, 0.3) is 0 Å². The number of pyridine rings is 2. The van der Waals surface area contributed by atoms with Gasteiger partial charge < -0.3 is 15.4 Å². The fourth-order valence-electron chi connectivity index (χ4n) is 2.59. The van der Waals surface area contributed by atoms with E-state index >= 15 is 0 Å². The van der Waals surface area contributed by atoms with Crippen LogP contribution in [-0.4, -0.2) is 41.0 Å². The van der Waals surface area contributed by atoms with Crippen molar-refractivity contribution in [3.63, 3.8) is 0 Å². The highest BCUT2D eigenvalue weighted by Gasteiger charge is 2.17. The van der Waals surface area contributed by atoms with Crippen LogP contribution in [0.5, 0.6) is 0 Å². The first kappa shape index (κ1) is 17.0. The topological polar surface area (TPSA) is 93.2 Å². The van der Waals surface area contributed by atoms with E-state index < -0.39 is 0 Å². The minimum Gasteiger partial charge on any atom is -0.376 e. The Labute approximate surface area is 145 Å². The molecule has 7 heteroatoms. The highest BCUT2D eigenvalue weighted by molar-refractivity contribution is 5.99. The van der Waals surface area contributed by atoms with Crippen LogP contribution in [0.2, 0.25) is 0 Å². The molecule has 3 heterocycles. The van der Waals surface area contributed by atoms with Gasteiger partial charge in [-0.15, -0.1) is 0 Å². The van der Waals surface area contributed by atoms with Gasteiger partial charge in [0.25, 0.3) is 11.8 Å². The van der Waals surface area contributed by atoms with Crippen molar-refractivity contribution in [3.8, 4) is 0 Å². The lowest BCUT2D eigenvalue weighted by atomic mass is 10.1. The minimum absolute atomic E-state index is 0.0721. The molecule has 0 radical (unpaired) electrons. The number of carbonyl (C=O) groups is 2. The first-order chi connectivity index (χ1) is 12.2. The van der Waals surface area contributed by atoms with Gasteiger partial charge in [-0.2, -0.15) is 0 Å². The molecule has 0 aliphatic carbocycles. The van der Waals surface area contributed by atoms with E-state index in [-0.39, 0.29) is 17.9 Å². The van der Waals surface area contributed by atoms with E-state index in [4.69, 9.17) is 4.74 Å². The summed E-state index contributed by atoms with van der Waals surface area (Å²) < 4.78 is 5.48. The molecular formula is C18H20N4O3. The molecule has 1 unspecified atom stereocenters. The van der Waals surface area contributed by atoms with E-state index in [0.29, 0.717) is 24.2 Å². The average molecular weight is 340 g/mol. The quantitative estimate of drug-likeness (QED) is 0.827. The molecular weight excluding hydrogens is 320 g/mol. The number of ether oxygens (including phenoxy) is 1. The average Bonchev–Trinajstić information content (AvgIpc) is 3.18. The SMILES string of the molecule is O=C(NCc1cccnc1)c1cncc(C(=O)NCC2CCCO2)c1. The van der Waals surface area contributed by atoms with Crippen molar-refractivity contribution in [2.24, 2.45) is 0 Å². The molecule has 0 bridgehead atoms. The monoisotopic (exact) mass is 340 g/mol. The fourth-order valence-corrected chi connectivity index (χ4v) is 2.59. The van der Waals surface area contributed by atoms with Crippen molar-refractivity contribution >= 4 is 11.8 Å². The van der Waals surface area contributed by atoms with Gasteiger partial charge in [0.05, 0.1) is 17.2 Å². The third-order valence-electron chi connectivity index (χ3n) is 3.95. The summed E-state index contributed by atoms with van der Waals surface area (Å²) >= 11 is 0. The lowest BCUT2D eigenvalue weighted by molar-refractivity contribution is 0.0857. The maximum Gasteiger partial charge on any atom is 0.253 e. The summed E-state index contributed by atoms with van der Waals surface area (Å²) in [7, 11) is 0. The Kier molecular flexibility index (Phi) is 5.69. The smallest absolute Gasteiger partial charge is 0.253 e. The predicted molar refractivity (Wildman–Crippen MR) is 91.0 cm³/mol. The normalized spacial score (nSPS) is 16.4. The van der Waals surface area contributed by atoms with Crippen LogP contribution in [0, 0.1) is 0 Å². The second-order valence-electron chi connectivity index (χ2n) is 5.85. The maximum atomic E-state index is 12.2. The van der Waals surface area contributed by atoms with E-state index in [1.807, 2.05) is 12.1 Å². The molecule has 2 N–H and O–H groups in total. The van der Waals surface area contributed by atoms with E-state index in [1.165, 1.54) is 18.5 Å².